The monoisotopic (exact) mass is 205 g/mol. The van der Waals surface area contributed by atoms with Crippen LogP contribution in [0, 0.1) is 0 Å². The molecule has 0 radical (unpaired) electrons. The fourth-order valence-corrected chi connectivity index (χ4v) is 0.658. The quantitative estimate of drug-likeness (QED) is 0.436. The van der Waals surface area contributed by atoms with E-state index in [2.05, 4.69) is 0 Å². The van der Waals surface area contributed by atoms with Crippen molar-refractivity contribution in [2.24, 2.45) is 0 Å². The minimum atomic E-state index is -5.39. The van der Waals surface area contributed by atoms with Crippen LogP contribution in [0.2, 0.25) is 0 Å². The highest BCUT2D eigenvalue weighted by molar-refractivity contribution is 5.86. The predicted molar refractivity (Wildman–Crippen MR) is 27.0 cm³/mol. The van der Waals surface area contributed by atoms with Crippen LogP contribution in [0.3, 0.4) is 0 Å². The van der Waals surface area contributed by atoms with Crippen LogP contribution in [-0.4, -0.2) is 22.9 Å². The first kappa shape index (κ1) is 9.87. The summed E-state index contributed by atoms with van der Waals surface area (Å²) in [6.07, 6.45) is -0.625. The summed E-state index contributed by atoms with van der Waals surface area (Å²) in [6.45, 7) is 0. The molecule has 0 aliphatic carbocycles. The maximum Gasteiger partial charge on any atom is 0.395 e. The largest absolute Gasteiger partial charge is 0.395 e. The van der Waals surface area contributed by atoms with E-state index >= 15 is 0 Å². The number of allylic oxidation sites excluding steroid dienone is 1. The lowest BCUT2D eigenvalue weighted by molar-refractivity contribution is -0.224. The smallest absolute Gasteiger partial charge is 0.265 e. The topological polar surface area (TPSA) is 20.3 Å². The van der Waals surface area contributed by atoms with Crippen molar-refractivity contribution >= 4 is 5.91 Å². The molecule has 0 N–H and O–H groups in total. The Morgan fingerprint density at radius 1 is 1.15 bits per heavy atom. The van der Waals surface area contributed by atoms with Crippen molar-refractivity contribution in [1.82, 2.24) is 5.12 Å². The first-order valence-corrected chi connectivity index (χ1v) is 2.84. The first-order valence-electron chi connectivity index (χ1n) is 2.84. The first-order chi connectivity index (χ1) is 5.71. The maximum atomic E-state index is 12.2. The van der Waals surface area contributed by atoms with Gasteiger partial charge < -0.3 is 0 Å². The van der Waals surface area contributed by atoms with Crippen LogP contribution in [0.15, 0.2) is 12.0 Å². The molecule has 0 saturated heterocycles. The molecule has 0 bridgehead atoms. The Labute approximate surface area is 67.4 Å². The van der Waals surface area contributed by atoms with E-state index < -0.39 is 34.9 Å². The summed E-state index contributed by atoms with van der Waals surface area (Å²) in [6, 6.07) is 0. The zero-order chi connectivity index (χ0) is 10.4. The average molecular weight is 205 g/mol. The summed E-state index contributed by atoms with van der Waals surface area (Å²) in [5.74, 6) is -16.2. The van der Waals surface area contributed by atoms with E-state index in [1.807, 2.05) is 0 Å². The van der Waals surface area contributed by atoms with Crippen molar-refractivity contribution in [3.05, 3.63) is 12.0 Å². The molecule has 0 saturated carbocycles. The van der Waals surface area contributed by atoms with Gasteiger partial charge in [-0.3, -0.25) is 4.79 Å². The molecule has 0 aromatic rings. The molecule has 1 amide bonds. The van der Waals surface area contributed by atoms with Gasteiger partial charge >= 0.3 is 17.8 Å². The van der Waals surface area contributed by atoms with E-state index in [9.17, 15) is 31.2 Å². The van der Waals surface area contributed by atoms with Gasteiger partial charge in [-0.2, -0.15) is 17.6 Å². The molecule has 0 spiro atoms. The zero-order valence-corrected chi connectivity index (χ0v) is 5.70. The second-order valence-electron chi connectivity index (χ2n) is 2.24. The van der Waals surface area contributed by atoms with Crippen molar-refractivity contribution in [3.8, 4) is 0 Å². The van der Waals surface area contributed by atoms with Gasteiger partial charge in [-0.15, -0.1) is 5.12 Å². The molecule has 8 heteroatoms. The Bertz CT molecular complexity index is 285. The number of alkyl halides is 4. The van der Waals surface area contributed by atoms with Crippen molar-refractivity contribution in [3.63, 3.8) is 0 Å². The zero-order valence-electron chi connectivity index (χ0n) is 5.70. The van der Waals surface area contributed by atoms with Crippen molar-refractivity contribution < 1.29 is 31.2 Å². The van der Waals surface area contributed by atoms with Gasteiger partial charge in [0.2, 0.25) is 0 Å². The summed E-state index contributed by atoms with van der Waals surface area (Å²) in [5, 5.41) is -1.41. The molecule has 2 nitrogen and oxygen atoms in total. The molecular formula is C5HF6NO. The summed E-state index contributed by atoms with van der Waals surface area (Å²) in [7, 11) is 0. The normalized spacial score (nSPS) is 25.8. The predicted octanol–water partition coefficient (Wildman–Crippen LogP) is 1.79. The fraction of sp³-hybridized carbons (Fsp3) is 0.400. The van der Waals surface area contributed by atoms with Crippen LogP contribution in [-0.2, 0) is 4.79 Å². The summed E-state index contributed by atoms with van der Waals surface area (Å²) >= 11 is 0. The third kappa shape index (κ3) is 1.08. The molecule has 74 valence electrons. The highest BCUT2D eigenvalue weighted by atomic mass is 19.3. The molecule has 13 heavy (non-hydrogen) atoms. The van der Waals surface area contributed by atoms with Crippen LogP contribution < -0.4 is 0 Å². The lowest BCUT2D eigenvalue weighted by atomic mass is 10.1. The Balaban J connectivity index is 3.27. The van der Waals surface area contributed by atoms with Gasteiger partial charge in [0.1, 0.15) is 0 Å². The van der Waals surface area contributed by atoms with E-state index in [1.165, 1.54) is 0 Å². The molecule has 1 rings (SSSR count). The number of amides is 1. The molecule has 0 fully saturated rings. The number of hydrogen-bond acceptors (Lipinski definition) is 1. The van der Waals surface area contributed by atoms with Crippen LogP contribution in [0.4, 0.5) is 26.4 Å². The minimum Gasteiger partial charge on any atom is -0.265 e. The molecule has 0 aromatic carbocycles. The summed E-state index contributed by atoms with van der Waals surface area (Å²) < 4.78 is 72.9. The van der Waals surface area contributed by atoms with Gasteiger partial charge in [-0.05, 0) is 0 Å². The molecule has 0 atom stereocenters. The number of halogens is 6. The van der Waals surface area contributed by atoms with Gasteiger partial charge in [-0.25, -0.2) is 4.39 Å². The van der Waals surface area contributed by atoms with Crippen molar-refractivity contribution in [1.29, 1.82) is 0 Å². The van der Waals surface area contributed by atoms with E-state index in [4.69, 9.17) is 0 Å². The van der Waals surface area contributed by atoms with E-state index in [0.717, 1.165) is 0 Å². The molecule has 1 heterocycles. The number of carbonyl (C=O) groups is 1. The van der Waals surface area contributed by atoms with Crippen molar-refractivity contribution in [2.75, 3.05) is 0 Å². The van der Waals surface area contributed by atoms with Gasteiger partial charge in [0.15, 0.2) is 5.83 Å². The Morgan fingerprint density at radius 3 is 2.08 bits per heavy atom. The van der Waals surface area contributed by atoms with Gasteiger partial charge in [0.05, 0.1) is 6.20 Å². The van der Waals surface area contributed by atoms with Gasteiger partial charge in [0.25, 0.3) is 0 Å². The number of carbonyl (C=O) groups excluding carboxylic acids is 1. The number of rotatable bonds is 0. The van der Waals surface area contributed by atoms with E-state index in [1.54, 1.807) is 0 Å². The molecular weight excluding hydrogens is 204 g/mol. The van der Waals surface area contributed by atoms with Crippen LogP contribution in [0.25, 0.3) is 0 Å². The maximum absolute atomic E-state index is 12.2. The lowest BCUT2D eigenvalue weighted by Gasteiger charge is -2.28. The van der Waals surface area contributed by atoms with Crippen LogP contribution >= 0.6 is 0 Å². The second-order valence-corrected chi connectivity index (χ2v) is 2.24. The molecule has 1 aliphatic rings. The van der Waals surface area contributed by atoms with Gasteiger partial charge in [0, 0.05) is 0 Å². The third-order valence-electron chi connectivity index (χ3n) is 1.38. The Morgan fingerprint density at radius 2 is 1.62 bits per heavy atom. The second kappa shape index (κ2) is 2.39. The number of nitrogens with zero attached hydrogens (tertiary/aromatic N) is 1. The molecule has 1 aliphatic heterocycles. The third-order valence-corrected chi connectivity index (χ3v) is 1.38. The lowest BCUT2D eigenvalue weighted by Crippen LogP contribution is -2.54. The number of hydrogen-bond donors (Lipinski definition) is 0. The average Bonchev–Trinajstić information content (AvgIpc) is 2.00. The Kier molecular flexibility index (Phi) is 1.82. The minimum absolute atomic E-state index is 0.625. The highest BCUT2D eigenvalue weighted by Crippen LogP contribution is 2.44. The SMILES string of the molecule is O=C1N(F)C=C(F)C(F)(F)C1(F)F. The summed E-state index contributed by atoms with van der Waals surface area (Å²) in [4.78, 5) is 10.1. The van der Waals surface area contributed by atoms with Crippen LogP contribution in [0.1, 0.15) is 0 Å². The Hall–Kier alpha value is -1.21. The molecule has 0 aromatic heterocycles. The highest BCUT2D eigenvalue weighted by Gasteiger charge is 2.69. The molecule has 0 unspecified atom stereocenters. The van der Waals surface area contributed by atoms with Crippen molar-refractivity contribution in [2.45, 2.75) is 11.8 Å². The fourth-order valence-electron chi connectivity index (χ4n) is 0.658. The van der Waals surface area contributed by atoms with Gasteiger partial charge in [-0.1, -0.05) is 4.48 Å². The summed E-state index contributed by atoms with van der Waals surface area (Å²) in [5.41, 5.74) is 0. The standard InChI is InChI=1S/C5HF6NO/c6-2-1-12(11)3(13)5(9,10)4(2,7)8/h1H. The van der Waals surface area contributed by atoms with E-state index in [-0.39, 0.29) is 0 Å². The van der Waals surface area contributed by atoms with Crippen LogP contribution in [0.5, 0.6) is 0 Å². The van der Waals surface area contributed by atoms with E-state index in [0.29, 0.717) is 0 Å².